The van der Waals surface area contributed by atoms with Gasteiger partial charge in [0.2, 0.25) is 0 Å². The van der Waals surface area contributed by atoms with Crippen molar-refractivity contribution < 1.29 is 4.74 Å². The second kappa shape index (κ2) is 9.28. The van der Waals surface area contributed by atoms with Crippen molar-refractivity contribution in [3.8, 4) is 0 Å². The van der Waals surface area contributed by atoms with E-state index in [1.807, 2.05) is 18.2 Å². The van der Waals surface area contributed by atoms with E-state index in [1.54, 1.807) is 7.11 Å². The summed E-state index contributed by atoms with van der Waals surface area (Å²) in [5.74, 6) is 0. The molecule has 0 fully saturated rings. The zero-order valence-corrected chi connectivity index (χ0v) is 13.7. The number of allylic oxidation sites excluding steroid dienone is 1. The van der Waals surface area contributed by atoms with Crippen LogP contribution in [-0.2, 0) is 4.74 Å². The molecule has 0 aliphatic carbocycles. The average molecular weight is 371 g/mol. The normalized spacial score (nSPS) is 12.6. The molecule has 0 saturated carbocycles. The first-order chi connectivity index (χ1) is 9.19. The van der Waals surface area contributed by atoms with E-state index in [-0.39, 0.29) is 0 Å². The molecule has 0 saturated heterocycles. The molecule has 0 aromatic heterocycles. The van der Waals surface area contributed by atoms with Crippen LogP contribution in [0.3, 0.4) is 0 Å². The van der Waals surface area contributed by atoms with Crippen molar-refractivity contribution >= 4 is 35.0 Å². The van der Waals surface area contributed by atoms with Gasteiger partial charge < -0.3 is 4.74 Å². The van der Waals surface area contributed by atoms with E-state index in [0.717, 1.165) is 37.8 Å². The van der Waals surface area contributed by atoms with E-state index in [1.165, 1.54) is 10.8 Å². The lowest BCUT2D eigenvalue weighted by Gasteiger charge is -2.13. The fourth-order valence-electron chi connectivity index (χ4n) is 1.92. The van der Waals surface area contributed by atoms with Crippen molar-refractivity contribution in [3.63, 3.8) is 0 Å². The van der Waals surface area contributed by atoms with Crippen LogP contribution in [0.2, 0.25) is 0 Å². The maximum Gasteiger partial charge on any atom is 0.0597 e. The van der Waals surface area contributed by atoms with Gasteiger partial charge in [-0.1, -0.05) is 43.5 Å². The molecule has 0 N–H and O–H groups in total. The Labute approximate surface area is 130 Å². The zero-order chi connectivity index (χ0) is 14.1. The van der Waals surface area contributed by atoms with E-state index in [4.69, 9.17) is 4.74 Å². The lowest BCUT2D eigenvalue weighted by atomic mass is 10.1. The molecule has 0 heterocycles. The molecule has 0 aliphatic rings. The summed E-state index contributed by atoms with van der Waals surface area (Å²) in [4.78, 5) is 0. The van der Waals surface area contributed by atoms with Gasteiger partial charge in [-0.3, -0.25) is 0 Å². The fourth-order valence-corrected chi connectivity index (χ4v) is 2.46. The summed E-state index contributed by atoms with van der Waals surface area (Å²) in [6, 6.07) is 8.23. The molecule has 3 heteroatoms. The fraction of sp³-hybridized carbons (Fsp3) is 0.375. The highest BCUT2D eigenvalue weighted by Gasteiger charge is 2.01. The lowest BCUT2D eigenvalue weighted by Crippen LogP contribution is -2.25. The van der Waals surface area contributed by atoms with Crippen LogP contribution in [0.5, 0.6) is 0 Å². The third-order valence-electron chi connectivity index (χ3n) is 2.99. The van der Waals surface area contributed by atoms with Crippen molar-refractivity contribution in [1.82, 2.24) is 3.11 Å². The Bertz CT molecular complexity index is 498. The molecular formula is C16H22INO. The summed E-state index contributed by atoms with van der Waals surface area (Å²) >= 11 is 2.35. The number of methoxy groups -OCH3 is 1. The molecule has 0 amide bonds. The largest absolute Gasteiger partial charge is 0.383 e. The van der Waals surface area contributed by atoms with Crippen LogP contribution >= 0.6 is 22.9 Å². The number of rotatable bonds is 8. The van der Waals surface area contributed by atoms with Crippen LogP contribution in [-0.4, -0.2) is 29.9 Å². The predicted octanol–water partition coefficient (Wildman–Crippen LogP) is 2.51. The predicted molar refractivity (Wildman–Crippen MR) is 91.5 cm³/mol. The number of halogens is 1. The maximum absolute atomic E-state index is 5.07. The Morgan fingerprint density at radius 3 is 2.74 bits per heavy atom. The van der Waals surface area contributed by atoms with E-state index in [0.29, 0.717) is 0 Å². The zero-order valence-electron chi connectivity index (χ0n) is 11.6. The lowest BCUT2D eigenvalue weighted by molar-refractivity contribution is 0.186. The first kappa shape index (κ1) is 16.4. The number of nitrogens with zero attached hydrogens (tertiary/aromatic N) is 1. The van der Waals surface area contributed by atoms with Crippen LogP contribution < -0.4 is 10.4 Å². The molecule has 1 aromatic rings. The third-order valence-corrected chi connectivity index (χ3v) is 3.96. The van der Waals surface area contributed by atoms with Gasteiger partial charge in [0.15, 0.2) is 0 Å². The van der Waals surface area contributed by atoms with Gasteiger partial charge in [-0.05, 0) is 28.9 Å². The minimum absolute atomic E-state index is 0.780. The minimum Gasteiger partial charge on any atom is -0.383 e. The van der Waals surface area contributed by atoms with Gasteiger partial charge >= 0.3 is 0 Å². The second-order valence-electron chi connectivity index (χ2n) is 4.39. The van der Waals surface area contributed by atoms with Crippen molar-refractivity contribution in [3.05, 3.63) is 47.4 Å². The van der Waals surface area contributed by atoms with Gasteiger partial charge in [0.1, 0.15) is 0 Å². The topological polar surface area (TPSA) is 12.5 Å². The van der Waals surface area contributed by atoms with Crippen LogP contribution in [0.1, 0.15) is 12.8 Å². The molecule has 0 atom stereocenters. The highest BCUT2D eigenvalue weighted by atomic mass is 127. The van der Waals surface area contributed by atoms with Crippen molar-refractivity contribution in [2.75, 3.05) is 26.8 Å². The summed E-state index contributed by atoms with van der Waals surface area (Å²) in [5.41, 5.74) is 1.28. The highest BCUT2D eigenvalue weighted by Crippen LogP contribution is 2.08. The van der Waals surface area contributed by atoms with Crippen molar-refractivity contribution in [2.24, 2.45) is 0 Å². The van der Waals surface area contributed by atoms with E-state index >= 15 is 0 Å². The van der Waals surface area contributed by atoms with Crippen molar-refractivity contribution in [1.29, 1.82) is 0 Å². The van der Waals surface area contributed by atoms with E-state index in [9.17, 15) is 0 Å². The van der Waals surface area contributed by atoms with Gasteiger partial charge in [0.05, 0.1) is 6.61 Å². The number of hydrogen-bond acceptors (Lipinski definition) is 2. The molecule has 19 heavy (non-hydrogen) atoms. The van der Waals surface area contributed by atoms with Crippen LogP contribution in [0.4, 0.5) is 0 Å². The van der Waals surface area contributed by atoms with Gasteiger partial charge in [-0.2, -0.15) is 0 Å². The SMILES string of the molecule is C=C/C(CCCN(I)CCOC)=c1/ccccc1=C. The van der Waals surface area contributed by atoms with Gasteiger partial charge in [-0.15, -0.1) is 0 Å². The Morgan fingerprint density at radius 2 is 2.11 bits per heavy atom. The molecule has 0 bridgehead atoms. The first-order valence-electron chi connectivity index (χ1n) is 6.48. The third kappa shape index (κ3) is 5.89. The first-order valence-corrected chi connectivity index (χ1v) is 7.44. The summed E-state index contributed by atoms with van der Waals surface area (Å²) in [5, 5.41) is 2.29. The molecular weight excluding hydrogens is 349 g/mol. The number of benzene rings is 1. The average Bonchev–Trinajstić information content (AvgIpc) is 2.42. The second-order valence-corrected chi connectivity index (χ2v) is 5.76. The van der Waals surface area contributed by atoms with Gasteiger partial charge in [-0.25, -0.2) is 3.11 Å². The van der Waals surface area contributed by atoms with Crippen LogP contribution in [0.25, 0.3) is 12.2 Å². The Kier molecular flexibility index (Phi) is 8.02. The summed E-state index contributed by atoms with van der Waals surface area (Å²) < 4.78 is 7.33. The van der Waals surface area contributed by atoms with Crippen LogP contribution in [0.15, 0.2) is 36.9 Å². The molecule has 0 radical (unpaired) electrons. The number of hydrogen-bond donors (Lipinski definition) is 0. The summed E-state index contributed by atoms with van der Waals surface area (Å²) in [6.45, 7) is 10.8. The van der Waals surface area contributed by atoms with Gasteiger partial charge in [0, 0.05) is 43.1 Å². The standard InChI is InChI=1S/C16H22INO/c1-4-15(16-10-6-5-8-14(16)2)9-7-11-18(17)12-13-19-3/h4-6,8,10H,1-2,7,9,11-13H2,3H3/b16-15+. The quantitative estimate of drug-likeness (QED) is 0.514. The molecule has 0 unspecified atom stereocenters. The number of ether oxygens (including phenoxy) is 1. The van der Waals surface area contributed by atoms with Crippen molar-refractivity contribution in [2.45, 2.75) is 12.8 Å². The molecule has 104 valence electrons. The maximum atomic E-state index is 5.07. The molecule has 0 aliphatic heterocycles. The van der Waals surface area contributed by atoms with Crippen LogP contribution in [0, 0.1) is 0 Å². The van der Waals surface area contributed by atoms with E-state index < -0.39 is 0 Å². The molecule has 2 nitrogen and oxygen atoms in total. The highest BCUT2D eigenvalue weighted by molar-refractivity contribution is 14.1. The summed E-state index contributed by atoms with van der Waals surface area (Å²) in [7, 11) is 1.74. The van der Waals surface area contributed by atoms with Gasteiger partial charge in [0.25, 0.3) is 0 Å². The molecule has 1 aromatic carbocycles. The Balaban J connectivity index is 2.60. The summed E-state index contributed by atoms with van der Waals surface area (Å²) in [6.07, 6.45) is 4.10. The molecule has 1 rings (SSSR count). The Hall–Kier alpha value is -0.650. The smallest absolute Gasteiger partial charge is 0.0597 e. The molecule has 0 spiro atoms. The minimum atomic E-state index is 0.780. The van der Waals surface area contributed by atoms with E-state index in [2.05, 4.69) is 51.3 Å². The Morgan fingerprint density at radius 1 is 1.37 bits per heavy atom. The monoisotopic (exact) mass is 371 g/mol.